The second-order valence-electron chi connectivity index (χ2n) is 14.3. The molecule has 5 aliphatic rings. The molecule has 8 heterocycles. The number of rotatable bonds is 9. The van der Waals surface area contributed by atoms with Crippen LogP contribution < -0.4 is 15.4 Å². The van der Waals surface area contributed by atoms with Crippen molar-refractivity contribution in [2.75, 3.05) is 77.4 Å². The first kappa shape index (κ1) is 36.1. The molecule has 282 valence electrons. The molecule has 1 aromatic carbocycles. The summed E-state index contributed by atoms with van der Waals surface area (Å²) in [6.07, 6.45) is 5.80. The summed E-state index contributed by atoms with van der Waals surface area (Å²) in [7, 11) is 3.11. The maximum Gasteiger partial charge on any atom is 0.318 e. The molecule has 4 atom stereocenters. The summed E-state index contributed by atoms with van der Waals surface area (Å²) in [5, 5.41) is 10.8. The van der Waals surface area contributed by atoms with Gasteiger partial charge in [-0.05, 0) is 49.8 Å². The van der Waals surface area contributed by atoms with E-state index in [9.17, 15) is 14.0 Å². The number of methoxy groups -OCH3 is 2. The molecular formula is C37H43F3N8O4S. The number of aromatic nitrogens is 3. The number of benzene rings is 1. The van der Waals surface area contributed by atoms with Gasteiger partial charge < -0.3 is 29.6 Å². The Morgan fingerprint density at radius 1 is 1.02 bits per heavy atom. The van der Waals surface area contributed by atoms with Gasteiger partial charge in [-0.15, -0.1) is 11.3 Å². The van der Waals surface area contributed by atoms with Crippen LogP contribution in [0, 0.1) is 23.0 Å². The molecule has 0 radical (unpaired) electrons. The molecule has 4 unspecified atom stereocenters. The number of anilines is 2. The van der Waals surface area contributed by atoms with Crippen molar-refractivity contribution >= 4 is 43.1 Å². The zero-order valence-corrected chi connectivity index (χ0v) is 30.7. The minimum Gasteiger partial charge on any atom is -0.467 e. The van der Waals surface area contributed by atoms with Crippen molar-refractivity contribution in [1.82, 2.24) is 24.8 Å². The number of halogens is 3. The van der Waals surface area contributed by atoms with Crippen molar-refractivity contribution in [1.29, 1.82) is 5.26 Å². The Kier molecular flexibility index (Phi) is 10.3. The molecule has 4 aromatic rings. The summed E-state index contributed by atoms with van der Waals surface area (Å²) in [6, 6.07) is 3.04. The van der Waals surface area contributed by atoms with Gasteiger partial charge in [0.25, 0.3) is 0 Å². The Morgan fingerprint density at radius 3 is 2.55 bits per heavy atom. The van der Waals surface area contributed by atoms with Crippen molar-refractivity contribution < 1.29 is 32.1 Å². The Hall–Kier alpha value is -3.85. The molecule has 12 nitrogen and oxygen atoms in total. The standard InChI is InChI=1S/C30H31F2N7O4S.C7H12FN/c1-40-7-8-42-6-5-38-11-15-3-4-16(12-38)39(15)29-23-19-14-43-13-18(19)21(24(32)26(23)36-30(37-29)41-2)25-22-17(9-33)28(34)44-27(22)20(31)10-35-25;8-6-4-7-2-1-3-9(7)5-6/h10,15-16H,3-8,11-14,34H2,1-2H3;6-7H,1-5H2. The number of hydrogen-bond donors (Lipinski definition) is 1. The molecule has 4 saturated heterocycles. The van der Waals surface area contributed by atoms with Crippen LogP contribution in [0.2, 0.25) is 0 Å². The third-order valence-corrected chi connectivity index (χ3v) is 12.3. The summed E-state index contributed by atoms with van der Waals surface area (Å²) in [4.78, 5) is 20.6. The van der Waals surface area contributed by atoms with Crippen LogP contribution in [-0.4, -0.2) is 116 Å². The van der Waals surface area contributed by atoms with E-state index in [1.165, 1.54) is 20.0 Å². The van der Waals surface area contributed by atoms with Crippen LogP contribution in [0.1, 0.15) is 48.8 Å². The van der Waals surface area contributed by atoms with E-state index in [1.54, 1.807) is 7.11 Å². The lowest BCUT2D eigenvalue weighted by molar-refractivity contribution is 0.0537. The van der Waals surface area contributed by atoms with Gasteiger partial charge in [-0.25, -0.2) is 13.2 Å². The van der Waals surface area contributed by atoms with E-state index < -0.39 is 17.8 Å². The monoisotopic (exact) mass is 752 g/mol. The van der Waals surface area contributed by atoms with Gasteiger partial charge in [0.2, 0.25) is 0 Å². The number of pyridine rings is 1. The number of fused-ring (bicyclic) bond motifs is 7. The summed E-state index contributed by atoms with van der Waals surface area (Å²) in [5.41, 5.74) is 7.80. The molecule has 4 fully saturated rings. The zero-order valence-electron chi connectivity index (χ0n) is 29.9. The summed E-state index contributed by atoms with van der Waals surface area (Å²) in [6.45, 7) is 6.42. The number of piperazine rings is 1. The average Bonchev–Trinajstić information content (AvgIpc) is 3.98. The predicted octanol–water partition coefficient (Wildman–Crippen LogP) is 5.19. The van der Waals surface area contributed by atoms with Crippen LogP contribution in [-0.2, 0) is 27.4 Å². The van der Waals surface area contributed by atoms with Gasteiger partial charge in [0.1, 0.15) is 28.6 Å². The highest BCUT2D eigenvalue weighted by Gasteiger charge is 2.43. The highest BCUT2D eigenvalue weighted by Crippen LogP contribution is 2.48. The van der Waals surface area contributed by atoms with E-state index in [0.717, 1.165) is 68.5 Å². The van der Waals surface area contributed by atoms with Crippen LogP contribution in [0.25, 0.3) is 32.2 Å². The van der Waals surface area contributed by atoms with Crippen LogP contribution >= 0.6 is 11.3 Å². The normalized spacial score (nSPS) is 23.7. The van der Waals surface area contributed by atoms with E-state index >= 15 is 4.39 Å². The summed E-state index contributed by atoms with van der Waals surface area (Å²) >= 11 is 0.941. The van der Waals surface area contributed by atoms with Gasteiger partial charge in [-0.2, -0.15) is 15.2 Å². The van der Waals surface area contributed by atoms with Gasteiger partial charge in [0.05, 0.1) is 67.7 Å². The average molecular weight is 753 g/mol. The van der Waals surface area contributed by atoms with E-state index in [1.807, 2.05) is 6.07 Å². The predicted molar refractivity (Wildman–Crippen MR) is 195 cm³/mol. The largest absolute Gasteiger partial charge is 0.467 e. The van der Waals surface area contributed by atoms with Gasteiger partial charge in [-0.1, -0.05) is 0 Å². The number of thiophene rings is 1. The smallest absolute Gasteiger partial charge is 0.318 e. The lowest BCUT2D eigenvalue weighted by atomic mass is 9.93. The van der Waals surface area contributed by atoms with Crippen molar-refractivity contribution in [3.8, 4) is 23.3 Å². The maximum absolute atomic E-state index is 16.9. The first-order valence-electron chi connectivity index (χ1n) is 18.2. The molecule has 0 aliphatic carbocycles. The number of nitrogen functional groups attached to an aromatic ring is 1. The Bertz CT molecular complexity index is 2040. The third-order valence-electron chi connectivity index (χ3n) is 11.2. The maximum atomic E-state index is 16.9. The molecule has 16 heteroatoms. The first-order chi connectivity index (χ1) is 25.8. The fourth-order valence-electron chi connectivity index (χ4n) is 8.89. The topological polar surface area (TPSA) is 135 Å². The van der Waals surface area contributed by atoms with Crippen LogP contribution in [0.3, 0.4) is 0 Å². The molecule has 2 N–H and O–H groups in total. The zero-order chi connectivity index (χ0) is 36.8. The molecule has 0 amide bonds. The Labute approximate surface area is 309 Å². The Morgan fingerprint density at radius 2 is 1.81 bits per heavy atom. The number of alkyl halides is 1. The summed E-state index contributed by atoms with van der Waals surface area (Å²) < 4.78 is 66.7. The van der Waals surface area contributed by atoms with Crippen molar-refractivity contribution in [2.45, 2.75) is 69.6 Å². The lowest BCUT2D eigenvalue weighted by Crippen LogP contribution is -2.54. The second-order valence-corrected chi connectivity index (χ2v) is 15.3. The third kappa shape index (κ3) is 6.55. The lowest BCUT2D eigenvalue weighted by Gasteiger charge is -2.42. The van der Waals surface area contributed by atoms with E-state index in [2.05, 4.69) is 24.7 Å². The molecule has 0 spiro atoms. The quantitative estimate of drug-likeness (QED) is 0.226. The summed E-state index contributed by atoms with van der Waals surface area (Å²) in [5.74, 6) is -0.657. The number of hydrogen-bond acceptors (Lipinski definition) is 13. The van der Waals surface area contributed by atoms with Gasteiger partial charge >= 0.3 is 6.01 Å². The number of nitrogens with two attached hydrogens (primary N) is 1. The molecule has 9 rings (SSSR count). The van der Waals surface area contributed by atoms with E-state index in [-0.39, 0.29) is 68.7 Å². The SMILES string of the molecule is COCCOCCN1CC2CCC(C1)N2c1nc(OC)nc2c(F)c(-c3ncc(F)c4sc(N)c(C#N)c34)c3c(c12)COC3.FC1CC2CCCN2C1. The van der Waals surface area contributed by atoms with Gasteiger partial charge in [-0.3, -0.25) is 14.8 Å². The fraction of sp³-hybridized carbons (Fsp3) is 0.568. The van der Waals surface area contributed by atoms with Crippen LogP contribution in [0.5, 0.6) is 6.01 Å². The molecule has 3 aromatic heterocycles. The van der Waals surface area contributed by atoms with Crippen molar-refractivity contribution in [2.24, 2.45) is 0 Å². The van der Waals surface area contributed by atoms with Crippen LogP contribution in [0.4, 0.5) is 24.0 Å². The molecule has 2 bridgehead atoms. The van der Waals surface area contributed by atoms with E-state index in [4.69, 9.17) is 29.7 Å². The van der Waals surface area contributed by atoms with E-state index in [0.29, 0.717) is 49.2 Å². The molecule has 0 saturated carbocycles. The second kappa shape index (κ2) is 15.1. The van der Waals surface area contributed by atoms with Gasteiger partial charge in [0, 0.05) is 62.4 Å². The minimum atomic E-state index is -0.653. The Balaban J connectivity index is 0.000000386. The van der Waals surface area contributed by atoms with Gasteiger partial charge in [0.15, 0.2) is 11.6 Å². The fourth-order valence-corrected chi connectivity index (χ4v) is 9.81. The highest BCUT2D eigenvalue weighted by molar-refractivity contribution is 7.23. The number of nitriles is 1. The molecular weight excluding hydrogens is 710 g/mol. The number of likely N-dealkylation sites (tertiary alicyclic amines) is 1. The van der Waals surface area contributed by atoms with Crippen molar-refractivity contribution in [3.05, 3.63) is 34.5 Å². The minimum absolute atomic E-state index is 0.0410. The van der Waals surface area contributed by atoms with Crippen LogP contribution in [0.15, 0.2) is 6.20 Å². The first-order valence-corrected chi connectivity index (χ1v) is 19.0. The molecule has 5 aliphatic heterocycles. The number of nitrogens with zero attached hydrogens (tertiary/aromatic N) is 7. The van der Waals surface area contributed by atoms with Crippen molar-refractivity contribution in [3.63, 3.8) is 0 Å². The number of ether oxygens (including phenoxy) is 4. The highest BCUT2D eigenvalue weighted by atomic mass is 32.1. The molecule has 53 heavy (non-hydrogen) atoms.